The van der Waals surface area contributed by atoms with Gasteiger partial charge in [0.05, 0.1) is 17.6 Å². The average Bonchev–Trinajstić information content (AvgIpc) is 3.08. The van der Waals surface area contributed by atoms with Crippen molar-refractivity contribution in [2.45, 2.75) is 44.8 Å². The van der Waals surface area contributed by atoms with Gasteiger partial charge in [-0.1, -0.05) is 23.7 Å². The van der Waals surface area contributed by atoms with E-state index in [1.165, 1.54) is 50.2 Å². The van der Waals surface area contributed by atoms with Crippen LogP contribution in [0.15, 0.2) is 53.3 Å². The monoisotopic (exact) mass is 548 g/mol. The summed E-state index contributed by atoms with van der Waals surface area (Å²) in [5.41, 5.74) is -3.15. The number of ketones is 1. The Morgan fingerprint density at radius 3 is 2.11 bits per heavy atom. The molecule has 0 fully saturated rings. The molecule has 3 aromatic rings. The lowest BCUT2D eigenvalue weighted by Crippen LogP contribution is -2.44. The summed E-state index contributed by atoms with van der Waals surface area (Å²) in [5.74, 6) is -3.39. The van der Waals surface area contributed by atoms with Crippen molar-refractivity contribution in [3.05, 3.63) is 75.2 Å². The maximum atomic E-state index is 13.1. The Morgan fingerprint density at radius 2 is 1.54 bits per heavy atom. The fourth-order valence-electron chi connectivity index (χ4n) is 3.41. The van der Waals surface area contributed by atoms with Crippen LogP contribution in [-0.4, -0.2) is 32.2 Å². The van der Waals surface area contributed by atoms with Crippen molar-refractivity contribution in [2.75, 3.05) is 0 Å². The number of aromatic nitrogens is 3. The third kappa shape index (κ3) is 6.59. The summed E-state index contributed by atoms with van der Waals surface area (Å²) in [6.07, 6.45) is -9.83. The van der Waals surface area contributed by atoms with Crippen LogP contribution in [0.2, 0.25) is 5.02 Å². The van der Waals surface area contributed by atoms with E-state index in [4.69, 9.17) is 11.6 Å². The largest absolute Gasteiger partial charge is 0.451 e. The van der Waals surface area contributed by atoms with Gasteiger partial charge in [-0.15, -0.1) is 5.10 Å². The number of benzene rings is 2. The second-order valence-corrected chi connectivity index (χ2v) is 8.97. The molecule has 7 nitrogen and oxygen atoms in total. The van der Waals surface area contributed by atoms with E-state index in [1.807, 2.05) is 0 Å². The molecule has 37 heavy (non-hydrogen) atoms. The van der Waals surface area contributed by atoms with Crippen LogP contribution >= 0.6 is 11.6 Å². The van der Waals surface area contributed by atoms with Crippen LogP contribution < -0.4 is 11.0 Å². The summed E-state index contributed by atoms with van der Waals surface area (Å²) in [5, 5.41) is 6.71. The molecule has 0 unspecified atom stereocenters. The molecule has 1 heterocycles. The molecule has 0 saturated carbocycles. The number of rotatable bonds is 7. The Labute approximate surface area is 210 Å². The van der Waals surface area contributed by atoms with E-state index in [-0.39, 0.29) is 17.0 Å². The van der Waals surface area contributed by atoms with Gasteiger partial charge in [0.25, 0.3) is 5.78 Å². The second kappa shape index (κ2) is 10.0. The zero-order valence-electron chi connectivity index (χ0n) is 19.2. The predicted molar refractivity (Wildman–Crippen MR) is 121 cm³/mol. The van der Waals surface area contributed by atoms with Crippen LogP contribution in [0, 0.1) is 0 Å². The van der Waals surface area contributed by atoms with Crippen LogP contribution in [0.1, 0.15) is 25.0 Å². The number of amides is 1. The van der Waals surface area contributed by atoms with Gasteiger partial charge in [0.1, 0.15) is 6.54 Å². The molecule has 2 aromatic carbocycles. The zero-order chi connectivity index (χ0) is 27.8. The van der Waals surface area contributed by atoms with Crippen LogP contribution in [0.3, 0.4) is 0 Å². The summed E-state index contributed by atoms with van der Waals surface area (Å²) in [6.45, 7) is 0.707. The van der Waals surface area contributed by atoms with Crippen LogP contribution in [-0.2, 0) is 34.4 Å². The first kappa shape index (κ1) is 28.0. The zero-order valence-corrected chi connectivity index (χ0v) is 20.0. The lowest BCUT2D eigenvalue weighted by Gasteiger charge is -2.27. The van der Waals surface area contributed by atoms with E-state index < -0.39 is 53.9 Å². The summed E-state index contributed by atoms with van der Waals surface area (Å²) >= 11 is 5.82. The number of nitrogens with zero attached hydrogens (tertiary/aromatic N) is 3. The summed E-state index contributed by atoms with van der Waals surface area (Å²) in [6, 6.07) is 9.78. The topological polar surface area (TPSA) is 86.0 Å². The maximum absolute atomic E-state index is 13.1. The van der Waals surface area contributed by atoms with Crippen molar-refractivity contribution >= 4 is 23.3 Å². The highest BCUT2D eigenvalue weighted by molar-refractivity contribution is 6.30. The van der Waals surface area contributed by atoms with E-state index in [9.17, 15) is 40.7 Å². The third-order valence-electron chi connectivity index (χ3n) is 5.30. The highest BCUT2D eigenvalue weighted by Crippen LogP contribution is 2.32. The Bertz CT molecular complexity index is 1370. The van der Waals surface area contributed by atoms with E-state index in [1.54, 1.807) is 0 Å². The minimum atomic E-state index is -5.22. The van der Waals surface area contributed by atoms with Crippen molar-refractivity contribution < 1.29 is 35.9 Å². The minimum absolute atomic E-state index is 0.117. The Hall–Kier alpha value is -3.61. The molecule has 0 spiro atoms. The van der Waals surface area contributed by atoms with Gasteiger partial charge >= 0.3 is 18.0 Å². The quantitative estimate of drug-likeness (QED) is 0.439. The molecule has 1 N–H and O–H groups in total. The highest BCUT2D eigenvalue weighted by atomic mass is 35.5. The Kier molecular flexibility index (Phi) is 7.59. The standard InChI is InChI=1S/C23H19ClF6N4O3/c1-21(2,14-4-3-5-15(10-14)22(25,26)27)31-18(36)12-34-20(37)33(11-17(35)23(28,29)30)19(32-34)13-6-8-16(24)9-7-13/h3-10H,11-12H2,1-2H3,(H,31,36). The molecular formula is C23H19ClF6N4O3. The van der Waals surface area contributed by atoms with Crippen molar-refractivity contribution in [1.29, 1.82) is 0 Å². The maximum Gasteiger partial charge on any atom is 0.451 e. The lowest BCUT2D eigenvalue weighted by molar-refractivity contribution is -0.171. The number of Topliss-reactive ketones (excluding diaryl/α,β-unsaturated/α-hetero) is 1. The first-order valence-electron chi connectivity index (χ1n) is 10.5. The average molecular weight is 549 g/mol. The number of alkyl halides is 6. The smallest absolute Gasteiger partial charge is 0.346 e. The fourth-order valence-corrected chi connectivity index (χ4v) is 3.54. The predicted octanol–water partition coefficient (Wildman–Crippen LogP) is 4.57. The number of halogens is 7. The van der Waals surface area contributed by atoms with Gasteiger partial charge in [0.15, 0.2) is 5.82 Å². The van der Waals surface area contributed by atoms with Gasteiger partial charge in [0.2, 0.25) is 5.91 Å². The molecule has 0 bridgehead atoms. The Morgan fingerprint density at radius 1 is 0.946 bits per heavy atom. The van der Waals surface area contributed by atoms with Gasteiger partial charge in [-0.2, -0.15) is 26.3 Å². The van der Waals surface area contributed by atoms with Crippen LogP contribution in [0.5, 0.6) is 0 Å². The molecule has 0 atom stereocenters. The molecule has 0 aliphatic heterocycles. The number of carbonyl (C=O) groups excluding carboxylic acids is 2. The Balaban J connectivity index is 1.92. The van der Waals surface area contributed by atoms with E-state index in [0.29, 0.717) is 14.3 Å². The minimum Gasteiger partial charge on any atom is -0.346 e. The molecule has 14 heteroatoms. The molecular weight excluding hydrogens is 530 g/mol. The van der Waals surface area contributed by atoms with Gasteiger partial charge in [-0.05, 0) is 55.8 Å². The van der Waals surface area contributed by atoms with Gasteiger partial charge in [0, 0.05) is 10.6 Å². The molecule has 3 rings (SSSR count). The number of hydrogen-bond donors (Lipinski definition) is 1. The molecule has 0 aliphatic rings. The van der Waals surface area contributed by atoms with Crippen molar-refractivity contribution in [2.24, 2.45) is 0 Å². The highest BCUT2D eigenvalue weighted by Gasteiger charge is 2.39. The SMILES string of the molecule is CC(C)(NC(=O)Cn1nc(-c2ccc(Cl)cc2)n(CC(=O)C(F)(F)F)c1=O)c1cccc(C(F)(F)F)c1. The van der Waals surface area contributed by atoms with Gasteiger partial charge in [-0.25, -0.2) is 9.48 Å². The van der Waals surface area contributed by atoms with Crippen LogP contribution in [0.4, 0.5) is 26.3 Å². The van der Waals surface area contributed by atoms with Gasteiger partial charge < -0.3 is 5.32 Å². The summed E-state index contributed by atoms with van der Waals surface area (Å²) < 4.78 is 78.9. The molecule has 0 saturated heterocycles. The lowest BCUT2D eigenvalue weighted by atomic mass is 9.92. The normalized spacial score (nSPS) is 12.5. The molecule has 0 aliphatic carbocycles. The van der Waals surface area contributed by atoms with E-state index in [0.717, 1.165) is 12.1 Å². The van der Waals surface area contributed by atoms with E-state index in [2.05, 4.69) is 10.4 Å². The van der Waals surface area contributed by atoms with Crippen molar-refractivity contribution in [1.82, 2.24) is 19.7 Å². The second-order valence-electron chi connectivity index (χ2n) is 8.53. The number of hydrogen-bond acceptors (Lipinski definition) is 4. The first-order valence-corrected chi connectivity index (χ1v) is 10.9. The number of nitrogens with one attached hydrogen (secondary N) is 1. The summed E-state index contributed by atoms with van der Waals surface area (Å²) in [4.78, 5) is 37.1. The van der Waals surface area contributed by atoms with Gasteiger partial charge in [-0.3, -0.25) is 14.2 Å². The fraction of sp³-hybridized carbons (Fsp3) is 0.304. The number of carbonyl (C=O) groups is 2. The van der Waals surface area contributed by atoms with Crippen LogP contribution in [0.25, 0.3) is 11.4 Å². The summed E-state index contributed by atoms with van der Waals surface area (Å²) in [7, 11) is 0. The third-order valence-corrected chi connectivity index (χ3v) is 5.55. The van der Waals surface area contributed by atoms with E-state index >= 15 is 0 Å². The van der Waals surface area contributed by atoms with Crippen molar-refractivity contribution in [3.8, 4) is 11.4 Å². The first-order chi connectivity index (χ1) is 17.0. The molecule has 1 aromatic heterocycles. The molecule has 198 valence electrons. The van der Waals surface area contributed by atoms with Crippen molar-refractivity contribution in [3.63, 3.8) is 0 Å². The molecule has 1 amide bonds. The molecule has 0 radical (unpaired) electrons.